The number of fused-ring (bicyclic) bond motifs is 1. The Kier molecular flexibility index (Phi) is 6.41. The van der Waals surface area contributed by atoms with Gasteiger partial charge < -0.3 is 10.6 Å². The van der Waals surface area contributed by atoms with Gasteiger partial charge in [-0.1, -0.05) is 12.8 Å². The predicted molar refractivity (Wildman–Crippen MR) is 126 cm³/mol. The number of aromatic nitrogens is 6. The van der Waals surface area contributed by atoms with Gasteiger partial charge in [0.1, 0.15) is 11.4 Å². The molecule has 9 nitrogen and oxygen atoms in total. The van der Waals surface area contributed by atoms with Gasteiger partial charge in [0.15, 0.2) is 5.82 Å². The van der Waals surface area contributed by atoms with Crippen LogP contribution < -0.4 is 10.6 Å². The van der Waals surface area contributed by atoms with Gasteiger partial charge in [-0.15, -0.1) is 0 Å². The van der Waals surface area contributed by atoms with E-state index in [1.165, 1.54) is 12.8 Å². The summed E-state index contributed by atoms with van der Waals surface area (Å²) in [6, 6.07) is 1.51. The van der Waals surface area contributed by atoms with E-state index < -0.39 is 12.0 Å². The van der Waals surface area contributed by atoms with Crippen LogP contribution in [0.2, 0.25) is 0 Å². The zero-order chi connectivity index (χ0) is 24.6. The number of amides is 1. The van der Waals surface area contributed by atoms with Crippen molar-refractivity contribution in [2.24, 2.45) is 5.92 Å². The van der Waals surface area contributed by atoms with Gasteiger partial charge in [0, 0.05) is 31.6 Å². The number of nitrogens with one attached hydrogen (secondary N) is 2. The highest BCUT2D eigenvalue weighted by Crippen LogP contribution is 2.41. The summed E-state index contributed by atoms with van der Waals surface area (Å²) in [6.07, 6.45) is 8.17. The van der Waals surface area contributed by atoms with Crippen LogP contribution in [0.1, 0.15) is 86.2 Å². The second-order valence-corrected chi connectivity index (χ2v) is 9.76. The van der Waals surface area contributed by atoms with Crippen LogP contribution in [0.3, 0.4) is 0 Å². The lowest BCUT2D eigenvalue weighted by molar-refractivity contribution is -0.0495. The molecule has 2 aliphatic carbocycles. The largest absolute Gasteiger partial charge is 0.366 e. The Bertz CT molecular complexity index is 1190. The molecule has 11 heteroatoms. The second kappa shape index (κ2) is 9.50. The number of anilines is 1. The molecule has 0 spiro atoms. The van der Waals surface area contributed by atoms with Crippen molar-refractivity contribution in [2.75, 3.05) is 5.32 Å². The summed E-state index contributed by atoms with van der Waals surface area (Å²) >= 11 is 0. The summed E-state index contributed by atoms with van der Waals surface area (Å²) in [5.41, 5.74) is 1.77. The highest BCUT2D eigenvalue weighted by molar-refractivity contribution is 5.92. The number of carbonyl (C=O) groups excluding carboxylic acids is 1. The van der Waals surface area contributed by atoms with Gasteiger partial charge in [-0.3, -0.25) is 9.48 Å². The number of hydrogen-bond donors (Lipinski definition) is 2. The van der Waals surface area contributed by atoms with Crippen molar-refractivity contribution in [1.82, 2.24) is 34.7 Å². The number of imidazole rings is 1. The number of alkyl halides is 2. The molecule has 3 heterocycles. The molecule has 2 saturated carbocycles. The first kappa shape index (κ1) is 23.6. The molecular formula is C24H32F2N8O. The van der Waals surface area contributed by atoms with Crippen LogP contribution in [0.5, 0.6) is 0 Å². The number of carbonyl (C=O) groups is 1. The maximum Gasteiger partial charge on any atom is 0.270 e. The Morgan fingerprint density at radius 2 is 1.94 bits per heavy atom. The summed E-state index contributed by atoms with van der Waals surface area (Å²) in [5.74, 6) is -1.99. The summed E-state index contributed by atoms with van der Waals surface area (Å²) in [6.45, 7) is 4.36. The molecule has 3 aromatic rings. The fourth-order valence-electron chi connectivity index (χ4n) is 5.29. The summed E-state index contributed by atoms with van der Waals surface area (Å²) in [5, 5.41) is 15.4. The van der Waals surface area contributed by atoms with E-state index in [0.717, 1.165) is 18.5 Å². The van der Waals surface area contributed by atoms with Crippen LogP contribution in [-0.2, 0) is 6.54 Å². The van der Waals surface area contributed by atoms with E-state index >= 15 is 0 Å². The van der Waals surface area contributed by atoms with Crippen molar-refractivity contribution in [3.63, 3.8) is 0 Å². The SMILES string of the molecule is CCn1nccc1C(=O)NC(c1cn2nc(C)c(NC3CCCC3)nc2n1)C1CCC(F)(F)CC1. The number of aryl methyl sites for hydroxylation is 2. The van der Waals surface area contributed by atoms with Gasteiger partial charge >= 0.3 is 0 Å². The average molecular weight is 487 g/mol. The van der Waals surface area contributed by atoms with Crippen molar-refractivity contribution in [2.45, 2.75) is 89.8 Å². The number of nitrogens with zero attached hydrogens (tertiary/aromatic N) is 6. The van der Waals surface area contributed by atoms with Crippen LogP contribution in [0.25, 0.3) is 5.78 Å². The van der Waals surface area contributed by atoms with Gasteiger partial charge in [-0.2, -0.15) is 15.2 Å². The van der Waals surface area contributed by atoms with Crippen molar-refractivity contribution in [3.05, 3.63) is 35.5 Å². The molecule has 0 aliphatic heterocycles. The smallest absolute Gasteiger partial charge is 0.270 e. The van der Waals surface area contributed by atoms with Crippen LogP contribution in [-0.4, -0.2) is 47.2 Å². The monoisotopic (exact) mass is 486 g/mol. The maximum absolute atomic E-state index is 13.9. The molecule has 1 atom stereocenters. The lowest BCUT2D eigenvalue weighted by Crippen LogP contribution is -2.38. The number of hydrogen-bond acceptors (Lipinski definition) is 6. The van der Waals surface area contributed by atoms with Crippen LogP contribution in [0.15, 0.2) is 18.5 Å². The van der Waals surface area contributed by atoms with E-state index in [2.05, 4.69) is 20.8 Å². The summed E-state index contributed by atoms with van der Waals surface area (Å²) in [7, 11) is 0. The molecule has 188 valence electrons. The van der Waals surface area contributed by atoms with Crippen molar-refractivity contribution >= 4 is 17.5 Å². The third-order valence-corrected chi connectivity index (χ3v) is 7.28. The molecule has 2 aliphatic rings. The molecule has 5 rings (SSSR count). The van der Waals surface area contributed by atoms with Crippen molar-refractivity contribution < 1.29 is 13.6 Å². The van der Waals surface area contributed by atoms with E-state index in [1.807, 2.05) is 13.8 Å². The number of rotatable bonds is 7. The van der Waals surface area contributed by atoms with Crippen molar-refractivity contribution in [1.29, 1.82) is 0 Å². The first-order chi connectivity index (χ1) is 16.8. The van der Waals surface area contributed by atoms with E-state index in [9.17, 15) is 13.6 Å². The quantitative estimate of drug-likeness (QED) is 0.516. The predicted octanol–water partition coefficient (Wildman–Crippen LogP) is 4.30. The topological polar surface area (TPSA) is 102 Å². The lowest BCUT2D eigenvalue weighted by atomic mass is 9.81. The minimum atomic E-state index is -2.66. The number of halogens is 2. The molecule has 0 saturated heterocycles. The fourth-order valence-corrected chi connectivity index (χ4v) is 5.29. The standard InChI is InChI=1S/C24H32F2N8O/c1-3-33-19(10-13-27-33)22(35)30-20(16-8-11-24(25,26)12-9-16)18-14-34-23(29-18)31-21(15(2)32-34)28-17-6-4-5-7-17/h10,13-14,16-17,20H,3-9,11-12H2,1-2H3,(H,30,35)(H,28,29,31). The van der Waals surface area contributed by atoms with Gasteiger partial charge in [0.25, 0.3) is 11.7 Å². The summed E-state index contributed by atoms with van der Waals surface area (Å²) in [4.78, 5) is 22.6. The van der Waals surface area contributed by atoms with Crippen molar-refractivity contribution in [3.8, 4) is 0 Å². The molecule has 35 heavy (non-hydrogen) atoms. The molecular weight excluding hydrogens is 454 g/mol. The molecule has 2 N–H and O–H groups in total. The zero-order valence-electron chi connectivity index (χ0n) is 20.2. The minimum absolute atomic E-state index is 0.168. The van der Waals surface area contributed by atoms with Crippen LogP contribution in [0, 0.1) is 12.8 Å². The Morgan fingerprint density at radius 3 is 2.66 bits per heavy atom. The minimum Gasteiger partial charge on any atom is -0.366 e. The molecule has 0 radical (unpaired) electrons. The van der Waals surface area contributed by atoms with E-state index in [1.54, 1.807) is 27.7 Å². The van der Waals surface area contributed by atoms with Gasteiger partial charge in [-0.25, -0.2) is 18.3 Å². The molecule has 0 bridgehead atoms. The van der Waals surface area contributed by atoms with Crippen LogP contribution >= 0.6 is 0 Å². The second-order valence-electron chi connectivity index (χ2n) is 9.76. The van der Waals surface area contributed by atoms with Gasteiger partial charge in [-0.05, 0) is 51.5 Å². The Morgan fingerprint density at radius 1 is 1.20 bits per heavy atom. The molecule has 1 unspecified atom stereocenters. The zero-order valence-corrected chi connectivity index (χ0v) is 20.2. The van der Waals surface area contributed by atoms with Crippen LogP contribution in [0.4, 0.5) is 14.6 Å². The first-order valence-corrected chi connectivity index (χ1v) is 12.5. The molecule has 3 aromatic heterocycles. The lowest BCUT2D eigenvalue weighted by Gasteiger charge is -2.33. The van der Waals surface area contributed by atoms with E-state index in [-0.39, 0.29) is 24.7 Å². The Labute approximate surface area is 202 Å². The fraction of sp³-hybridized carbons (Fsp3) is 0.625. The van der Waals surface area contributed by atoms with E-state index in [0.29, 0.717) is 48.4 Å². The maximum atomic E-state index is 13.9. The van der Waals surface area contributed by atoms with Gasteiger partial charge in [0.05, 0.1) is 17.9 Å². The first-order valence-electron chi connectivity index (χ1n) is 12.5. The Balaban J connectivity index is 1.45. The average Bonchev–Trinajstić information content (AvgIpc) is 3.58. The molecule has 2 fully saturated rings. The normalized spacial score (nSPS) is 19.8. The highest BCUT2D eigenvalue weighted by atomic mass is 19.3. The summed E-state index contributed by atoms with van der Waals surface area (Å²) < 4.78 is 31.0. The highest BCUT2D eigenvalue weighted by Gasteiger charge is 2.39. The van der Waals surface area contributed by atoms with E-state index in [4.69, 9.17) is 9.97 Å². The Hall–Kier alpha value is -3.11. The van der Waals surface area contributed by atoms with Gasteiger partial charge in [0.2, 0.25) is 5.92 Å². The molecule has 1 amide bonds. The third-order valence-electron chi connectivity index (χ3n) is 7.28. The molecule has 0 aromatic carbocycles. The third kappa shape index (κ3) is 4.99.